The van der Waals surface area contributed by atoms with Gasteiger partial charge in [-0.3, -0.25) is 0 Å². The molecular formula is C14H15N. The van der Waals surface area contributed by atoms with Crippen LogP contribution >= 0.6 is 0 Å². The lowest BCUT2D eigenvalue weighted by molar-refractivity contribution is 0.420. The first-order valence-corrected chi connectivity index (χ1v) is 5.87. The summed E-state index contributed by atoms with van der Waals surface area (Å²) in [6.45, 7) is 0. The quantitative estimate of drug-likeness (QED) is 0.676. The molecule has 0 unspecified atom stereocenters. The summed E-state index contributed by atoms with van der Waals surface area (Å²) in [7, 11) is 0. The molecule has 0 saturated heterocycles. The van der Waals surface area contributed by atoms with Gasteiger partial charge < -0.3 is 0 Å². The Morgan fingerprint density at radius 2 is 2.13 bits per heavy atom. The standard InChI is InChI=1S/C14H15N/c15-9-11-2-1-3-12(7-11)14-8-10-4-5-13(14)6-10/h1-3,7,10,13-14H,4-6,8H2/t10-,13+,14-/m1/s1. The van der Waals surface area contributed by atoms with Gasteiger partial charge in [0, 0.05) is 0 Å². The third kappa shape index (κ3) is 1.45. The van der Waals surface area contributed by atoms with Gasteiger partial charge in [-0.05, 0) is 54.7 Å². The molecule has 2 aliphatic carbocycles. The Kier molecular flexibility index (Phi) is 2.02. The van der Waals surface area contributed by atoms with Crippen molar-refractivity contribution in [2.24, 2.45) is 11.8 Å². The summed E-state index contributed by atoms with van der Waals surface area (Å²) >= 11 is 0. The number of rotatable bonds is 1. The van der Waals surface area contributed by atoms with Gasteiger partial charge in [0.05, 0.1) is 11.6 Å². The normalized spacial score (nSPS) is 32.9. The second-order valence-corrected chi connectivity index (χ2v) is 5.02. The maximum Gasteiger partial charge on any atom is 0.0991 e. The SMILES string of the molecule is N#Cc1cccc([C@H]2C[C@@H]3CC[C@H]2C3)c1. The van der Waals surface area contributed by atoms with E-state index in [-0.39, 0.29) is 0 Å². The molecule has 0 heterocycles. The zero-order chi connectivity index (χ0) is 10.3. The van der Waals surface area contributed by atoms with Gasteiger partial charge >= 0.3 is 0 Å². The number of nitrogens with zero attached hydrogens (tertiary/aromatic N) is 1. The third-order valence-corrected chi connectivity index (χ3v) is 4.18. The van der Waals surface area contributed by atoms with E-state index >= 15 is 0 Å². The second-order valence-electron chi connectivity index (χ2n) is 5.02. The Morgan fingerprint density at radius 3 is 2.80 bits per heavy atom. The third-order valence-electron chi connectivity index (χ3n) is 4.18. The van der Waals surface area contributed by atoms with Crippen LogP contribution in [-0.4, -0.2) is 0 Å². The smallest absolute Gasteiger partial charge is 0.0991 e. The monoisotopic (exact) mass is 197 g/mol. The van der Waals surface area contributed by atoms with Crippen molar-refractivity contribution >= 4 is 0 Å². The largest absolute Gasteiger partial charge is 0.192 e. The maximum absolute atomic E-state index is 8.89. The van der Waals surface area contributed by atoms with Gasteiger partial charge in [0.15, 0.2) is 0 Å². The molecule has 15 heavy (non-hydrogen) atoms. The summed E-state index contributed by atoms with van der Waals surface area (Å²) in [4.78, 5) is 0. The average Bonchev–Trinajstić information content (AvgIpc) is 2.91. The molecule has 1 aromatic carbocycles. The number of hydrogen-bond acceptors (Lipinski definition) is 1. The van der Waals surface area contributed by atoms with Crippen molar-refractivity contribution in [3.05, 3.63) is 35.4 Å². The lowest BCUT2D eigenvalue weighted by Crippen LogP contribution is -2.08. The minimum atomic E-state index is 0.747. The Labute approximate surface area is 90.7 Å². The summed E-state index contributed by atoms with van der Waals surface area (Å²) in [5, 5.41) is 8.89. The Morgan fingerprint density at radius 1 is 1.20 bits per heavy atom. The highest BCUT2D eigenvalue weighted by molar-refractivity contribution is 5.35. The fraction of sp³-hybridized carbons (Fsp3) is 0.500. The van der Waals surface area contributed by atoms with E-state index < -0.39 is 0 Å². The minimum absolute atomic E-state index is 0.747. The molecule has 0 aliphatic heterocycles. The summed E-state index contributed by atoms with van der Waals surface area (Å²) in [6.07, 6.45) is 5.65. The molecule has 0 amide bonds. The fourth-order valence-electron chi connectivity index (χ4n) is 3.49. The summed E-state index contributed by atoms with van der Waals surface area (Å²) in [6, 6.07) is 10.5. The van der Waals surface area contributed by atoms with Gasteiger partial charge in [0.1, 0.15) is 0 Å². The molecule has 2 aliphatic rings. The number of fused-ring (bicyclic) bond motifs is 2. The Bertz CT molecular complexity index is 416. The molecule has 1 nitrogen and oxygen atoms in total. The van der Waals surface area contributed by atoms with Crippen molar-refractivity contribution in [1.82, 2.24) is 0 Å². The molecule has 1 aromatic rings. The van der Waals surface area contributed by atoms with Crippen LogP contribution in [-0.2, 0) is 0 Å². The highest BCUT2D eigenvalue weighted by Crippen LogP contribution is 2.52. The van der Waals surface area contributed by atoms with Gasteiger partial charge in [-0.25, -0.2) is 0 Å². The van der Waals surface area contributed by atoms with Crippen LogP contribution in [0.25, 0.3) is 0 Å². The highest BCUT2D eigenvalue weighted by Gasteiger charge is 2.39. The maximum atomic E-state index is 8.89. The van der Waals surface area contributed by atoms with Gasteiger partial charge in [0.25, 0.3) is 0 Å². The zero-order valence-electron chi connectivity index (χ0n) is 8.82. The lowest BCUT2D eigenvalue weighted by atomic mass is 9.83. The van der Waals surface area contributed by atoms with Crippen LogP contribution in [0.4, 0.5) is 0 Å². The summed E-state index contributed by atoms with van der Waals surface area (Å²) < 4.78 is 0. The first-order chi connectivity index (χ1) is 7.36. The average molecular weight is 197 g/mol. The molecule has 2 bridgehead atoms. The molecular weight excluding hydrogens is 182 g/mol. The summed E-state index contributed by atoms with van der Waals surface area (Å²) in [5.41, 5.74) is 2.22. The topological polar surface area (TPSA) is 23.8 Å². The lowest BCUT2D eigenvalue weighted by Gasteiger charge is -2.21. The van der Waals surface area contributed by atoms with E-state index in [1.807, 2.05) is 12.1 Å². The Balaban J connectivity index is 1.90. The molecule has 3 rings (SSSR count). The number of benzene rings is 1. The van der Waals surface area contributed by atoms with E-state index in [1.165, 1.54) is 31.2 Å². The van der Waals surface area contributed by atoms with Crippen LogP contribution in [0, 0.1) is 23.2 Å². The van der Waals surface area contributed by atoms with E-state index in [9.17, 15) is 0 Å². The van der Waals surface area contributed by atoms with Gasteiger partial charge in [-0.2, -0.15) is 5.26 Å². The minimum Gasteiger partial charge on any atom is -0.192 e. The number of nitriles is 1. The van der Waals surface area contributed by atoms with Crippen LogP contribution in [0.15, 0.2) is 24.3 Å². The predicted molar refractivity (Wildman–Crippen MR) is 59.3 cm³/mol. The zero-order valence-corrected chi connectivity index (χ0v) is 8.82. The first-order valence-electron chi connectivity index (χ1n) is 5.87. The van der Waals surface area contributed by atoms with E-state index in [2.05, 4.69) is 18.2 Å². The van der Waals surface area contributed by atoms with Crippen molar-refractivity contribution in [2.45, 2.75) is 31.6 Å². The summed E-state index contributed by atoms with van der Waals surface area (Å²) in [5.74, 6) is 2.63. The highest BCUT2D eigenvalue weighted by atomic mass is 14.4. The molecule has 1 heteroatoms. The second kappa shape index (κ2) is 3.38. The van der Waals surface area contributed by atoms with Crippen molar-refractivity contribution in [3.63, 3.8) is 0 Å². The van der Waals surface area contributed by atoms with Crippen LogP contribution in [0.3, 0.4) is 0 Å². The van der Waals surface area contributed by atoms with Crippen LogP contribution in [0.1, 0.15) is 42.7 Å². The predicted octanol–water partition coefficient (Wildman–Crippen LogP) is 3.46. The first kappa shape index (κ1) is 8.97. The molecule has 0 radical (unpaired) electrons. The molecule has 0 spiro atoms. The molecule has 3 atom stereocenters. The van der Waals surface area contributed by atoms with Crippen molar-refractivity contribution in [2.75, 3.05) is 0 Å². The fourth-order valence-corrected chi connectivity index (χ4v) is 3.49. The molecule has 0 aromatic heterocycles. The van der Waals surface area contributed by atoms with Crippen molar-refractivity contribution in [1.29, 1.82) is 5.26 Å². The van der Waals surface area contributed by atoms with E-state index in [0.29, 0.717) is 0 Å². The van der Waals surface area contributed by atoms with Crippen molar-refractivity contribution < 1.29 is 0 Å². The molecule has 0 N–H and O–H groups in total. The van der Waals surface area contributed by atoms with E-state index in [0.717, 1.165) is 23.3 Å². The van der Waals surface area contributed by atoms with E-state index in [1.54, 1.807) is 0 Å². The molecule has 76 valence electrons. The van der Waals surface area contributed by atoms with Gasteiger partial charge in [-0.1, -0.05) is 18.6 Å². The molecule has 2 saturated carbocycles. The van der Waals surface area contributed by atoms with Gasteiger partial charge in [0.2, 0.25) is 0 Å². The molecule has 2 fully saturated rings. The van der Waals surface area contributed by atoms with Crippen LogP contribution < -0.4 is 0 Å². The van der Waals surface area contributed by atoms with E-state index in [4.69, 9.17) is 5.26 Å². The van der Waals surface area contributed by atoms with Crippen LogP contribution in [0.2, 0.25) is 0 Å². The van der Waals surface area contributed by atoms with Gasteiger partial charge in [-0.15, -0.1) is 0 Å². The van der Waals surface area contributed by atoms with Crippen molar-refractivity contribution in [3.8, 4) is 6.07 Å². The Hall–Kier alpha value is -1.29. The number of hydrogen-bond donors (Lipinski definition) is 0. The van der Waals surface area contributed by atoms with Crippen LogP contribution in [0.5, 0.6) is 0 Å².